The molecule has 0 aliphatic heterocycles. The molecule has 0 saturated heterocycles. The zero-order valence-electron chi connectivity index (χ0n) is 9.39. The van der Waals surface area contributed by atoms with Crippen LogP contribution in [0.25, 0.3) is 0 Å². The Bertz CT molecular complexity index is 463. The van der Waals surface area contributed by atoms with E-state index in [2.05, 4.69) is 0 Å². The number of ether oxygens (including phenoxy) is 1. The molecule has 0 bridgehead atoms. The van der Waals surface area contributed by atoms with Gasteiger partial charge in [0, 0.05) is 12.3 Å². The average Bonchev–Trinajstić information content (AvgIpc) is 2.76. The normalized spacial score (nSPS) is 16.1. The van der Waals surface area contributed by atoms with E-state index in [9.17, 15) is 9.59 Å². The number of esters is 1. The van der Waals surface area contributed by atoms with Gasteiger partial charge in [0.05, 0.1) is 5.02 Å². The van der Waals surface area contributed by atoms with E-state index < -0.39 is 0 Å². The van der Waals surface area contributed by atoms with Crippen LogP contribution in [0.3, 0.4) is 0 Å². The van der Waals surface area contributed by atoms with Crippen LogP contribution < -0.4 is 5.56 Å². The van der Waals surface area contributed by atoms with E-state index in [0.29, 0.717) is 5.02 Å². The maximum absolute atomic E-state index is 11.6. The van der Waals surface area contributed by atoms with Crippen LogP contribution in [0.15, 0.2) is 23.1 Å². The lowest BCUT2D eigenvalue weighted by Gasteiger charge is -2.12. The van der Waals surface area contributed by atoms with Gasteiger partial charge in [0.25, 0.3) is 5.56 Å². The van der Waals surface area contributed by atoms with Gasteiger partial charge in [-0.2, -0.15) is 0 Å². The van der Waals surface area contributed by atoms with E-state index >= 15 is 0 Å². The molecular formula is C12H14ClNO3. The van der Waals surface area contributed by atoms with E-state index in [1.165, 1.54) is 22.9 Å². The van der Waals surface area contributed by atoms with Crippen LogP contribution in [0, 0.1) is 0 Å². The van der Waals surface area contributed by atoms with E-state index in [-0.39, 0.29) is 24.2 Å². The SMILES string of the molecule is O=C(Cn1cc(Cl)ccc1=O)OC1CCCC1. The third kappa shape index (κ3) is 3.33. The van der Waals surface area contributed by atoms with Gasteiger partial charge in [-0.3, -0.25) is 9.59 Å². The first kappa shape index (κ1) is 12.2. The van der Waals surface area contributed by atoms with E-state index in [1.807, 2.05) is 0 Å². The summed E-state index contributed by atoms with van der Waals surface area (Å²) >= 11 is 5.76. The van der Waals surface area contributed by atoms with Gasteiger partial charge in [0.2, 0.25) is 0 Å². The van der Waals surface area contributed by atoms with Gasteiger partial charge >= 0.3 is 5.97 Å². The predicted octanol–water partition coefficient (Wildman–Crippen LogP) is 1.99. The van der Waals surface area contributed by atoms with Crippen molar-refractivity contribution in [3.05, 3.63) is 33.7 Å². The van der Waals surface area contributed by atoms with Crippen LogP contribution in [0.1, 0.15) is 25.7 Å². The van der Waals surface area contributed by atoms with Crippen molar-refractivity contribution in [3.63, 3.8) is 0 Å². The van der Waals surface area contributed by atoms with Gasteiger partial charge in [-0.05, 0) is 31.7 Å². The molecule has 17 heavy (non-hydrogen) atoms. The third-order valence-electron chi connectivity index (χ3n) is 2.85. The molecule has 1 heterocycles. The van der Waals surface area contributed by atoms with E-state index in [1.54, 1.807) is 0 Å². The van der Waals surface area contributed by atoms with Gasteiger partial charge in [-0.25, -0.2) is 0 Å². The second-order valence-electron chi connectivity index (χ2n) is 4.21. The molecule has 0 radical (unpaired) electrons. The van der Waals surface area contributed by atoms with Crippen LogP contribution in [-0.2, 0) is 16.1 Å². The van der Waals surface area contributed by atoms with Gasteiger partial charge in [0.15, 0.2) is 0 Å². The molecule has 0 amide bonds. The molecule has 5 heteroatoms. The summed E-state index contributed by atoms with van der Waals surface area (Å²) in [6, 6.07) is 2.84. The summed E-state index contributed by atoms with van der Waals surface area (Å²) in [5.41, 5.74) is -0.252. The Balaban J connectivity index is 1.97. The molecule has 0 spiro atoms. The molecule has 1 fully saturated rings. The average molecular weight is 256 g/mol. The van der Waals surface area contributed by atoms with Crippen molar-refractivity contribution in [1.82, 2.24) is 4.57 Å². The molecule has 2 rings (SSSR count). The highest BCUT2D eigenvalue weighted by Gasteiger charge is 2.19. The molecule has 1 saturated carbocycles. The maximum Gasteiger partial charge on any atom is 0.326 e. The zero-order valence-corrected chi connectivity index (χ0v) is 10.2. The first-order valence-corrected chi connectivity index (χ1v) is 6.08. The number of hydrogen-bond donors (Lipinski definition) is 0. The molecule has 4 nitrogen and oxygen atoms in total. The lowest BCUT2D eigenvalue weighted by molar-refractivity contribution is -0.149. The highest BCUT2D eigenvalue weighted by molar-refractivity contribution is 6.30. The number of hydrogen-bond acceptors (Lipinski definition) is 3. The van der Waals surface area contributed by atoms with Crippen molar-refractivity contribution >= 4 is 17.6 Å². The number of carbonyl (C=O) groups excluding carboxylic acids is 1. The van der Waals surface area contributed by atoms with Gasteiger partial charge < -0.3 is 9.30 Å². The summed E-state index contributed by atoms with van der Waals surface area (Å²) < 4.78 is 6.53. The topological polar surface area (TPSA) is 48.3 Å². The summed E-state index contributed by atoms with van der Waals surface area (Å²) in [6.45, 7) is -0.0735. The molecule has 0 aromatic carbocycles. The molecular weight excluding hydrogens is 242 g/mol. The predicted molar refractivity (Wildman–Crippen MR) is 64.1 cm³/mol. The molecule has 0 atom stereocenters. The van der Waals surface area contributed by atoms with Crippen LogP contribution in [0.2, 0.25) is 5.02 Å². The second-order valence-corrected chi connectivity index (χ2v) is 4.65. The second kappa shape index (κ2) is 5.36. The fourth-order valence-corrected chi connectivity index (χ4v) is 2.17. The minimum absolute atomic E-state index is 0.0254. The first-order chi connectivity index (χ1) is 8.15. The van der Waals surface area contributed by atoms with Crippen molar-refractivity contribution < 1.29 is 9.53 Å². The summed E-state index contributed by atoms with van der Waals surface area (Å²) in [5, 5.41) is 0.429. The molecule has 1 aromatic heterocycles. The molecule has 0 N–H and O–H groups in total. The van der Waals surface area contributed by atoms with E-state index in [0.717, 1.165) is 25.7 Å². The monoisotopic (exact) mass is 255 g/mol. The van der Waals surface area contributed by atoms with Gasteiger partial charge in [-0.15, -0.1) is 0 Å². The number of aromatic nitrogens is 1. The Morgan fingerprint density at radius 3 is 2.82 bits per heavy atom. The zero-order chi connectivity index (χ0) is 12.3. The van der Waals surface area contributed by atoms with Crippen molar-refractivity contribution in [2.75, 3.05) is 0 Å². The Labute approximate surface area is 104 Å². The smallest absolute Gasteiger partial charge is 0.326 e. The van der Waals surface area contributed by atoms with E-state index in [4.69, 9.17) is 16.3 Å². The highest BCUT2D eigenvalue weighted by Crippen LogP contribution is 2.21. The molecule has 0 unspecified atom stereocenters. The highest BCUT2D eigenvalue weighted by atomic mass is 35.5. The van der Waals surface area contributed by atoms with Crippen LogP contribution >= 0.6 is 11.6 Å². The first-order valence-electron chi connectivity index (χ1n) is 5.70. The quantitative estimate of drug-likeness (QED) is 0.776. The minimum atomic E-state index is -0.374. The largest absolute Gasteiger partial charge is 0.461 e. The summed E-state index contributed by atoms with van der Waals surface area (Å²) in [7, 11) is 0. The molecule has 1 aromatic rings. The number of nitrogens with zero attached hydrogens (tertiary/aromatic N) is 1. The number of halogens is 1. The fraction of sp³-hybridized carbons (Fsp3) is 0.500. The molecule has 92 valence electrons. The molecule has 1 aliphatic rings. The van der Waals surface area contributed by atoms with Gasteiger partial charge in [-0.1, -0.05) is 11.6 Å². The lowest BCUT2D eigenvalue weighted by atomic mass is 10.3. The number of rotatable bonds is 3. The Morgan fingerprint density at radius 2 is 2.12 bits per heavy atom. The van der Waals surface area contributed by atoms with Crippen molar-refractivity contribution in [2.24, 2.45) is 0 Å². The van der Waals surface area contributed by atoms with Crippen LogP contribution in [0.4, 0.5) is 0 Å². The van der Waals surface area contributed by atoms with Crippen molar-refractivity contribution in [1.29, 1.82) is 0 Å². The Morgan fingerprint density at radius 1 is 1.41 bits per heavy atom. The van der Waals surface area contributed by atoms with Crippen molar-refractivity contribution in [2.45, 2.75) is 38.3 Å². The maximum atomic E-state index is 11.6. The number of carbonyl (C=O) groups is 1. The van der Waals surface area contributed by atoms with Gasteiger partial charge in [0.1, 0.15) is 12.6 Å². The fourth-order valence-electron chi connectivity index (χ4n) is 1.99. The molecule has 1 aliphatic carbocycles. The van der Waals surface area contributed by atoms with Crippen molar-refractivity contribution in [3.8, 4) is 0 Å². The third-order valence-corrected chi connectivity index (χ3v) is 3.07. The lowest BCUT2D eigenvalue weighted by Crippen LogP contribution is -2.26. The minimum Gasteiger partial charge on any atom is -0.461 e. The summed E-state index contributed by atoms with van der Waals surface area (Å²) in [5.74, 6) is -0.374. The van der Waals surface area contributed by atoms with Crippen LogP contribution in [-0.4, -0.2) is 16.6 Å². The summed E-state index contributed by atoms with van der Waals surface area (Å²) in [6.07, 6.45) is 5.54. The standard InChI is InChI=1S/C12H14ClNO3/c13-9-5-6-11(15)14(7-9)8-12(16)17-10-3-1-2-4-10/h5-7,10H,1-4,8H2. The Hall–Kier alpha value is -1.29. The van der Waals surface area contributed by atoms with Crippen LogP contribution in [0.5, 0.6) is 0 Å². The number of pyridine rings is 1. The Kier molecular flexibility index (Phi) is 3.84. The summed E-state index contributed by atoms with van der Waals surface area (Å²) in [4.78, 5) is 23.0.